The minimum Gasteiger partial charge on any atom is -0.496 e. The Balaban J connectivity index is 0.977. The number of likely N-dealkylation sites (tertiary alicyclic amines) is 2. The van der Waals surface area contributed by atoms with Crippen molar-refractivity contribution in [1.29, 1.82) is 0 Å². The van der Waals surface area contributed by atoms with Crippen molar-refractivity contribution in [3.8, 4) is 11.5 Å². The van der Waals surface area contributed by atoms with Gasteiger partial charge in [-0.15, -0.1) is 0 Å². The van der Waals surface area contributed by atoms with Crippen molar-refractivity contribution in [2.75, 3.05) is 71.0 Å². The van der Waals surface area contributed by atoms with Crippen molar-refractivity contribution in [3.05, 3.63) is 53.6 Å². The van der Waals surface area contributed by atoms with Gasteiger partial charge in [-0.25, -0.2) is 4.79 Å². The van der Waals surface area contributed by atoms with E-state index in [1.54, 1.807) is 24.1 Å². The Hall–Kier alpha value is -3.83. The first kappa shape index (κ1) is 31.2. The summed E-state index contributed by atoms with van der Waals surface area (Å²) in [5.41, 5.74) is 2.38. The zero-order chi connectivity index (χ0) is 31.2. The van der Waals surface area contributed by atoms with Gasteiger partial charge in [0, 0.05) is 76.2 Å². The lowest BCUT2D eigenvalue weighted by molar-refractivity contribution is -0.133. The molecule has 0 bridgehead atoms. The summed E-state index contributed by atoms with van der Waals surface area (Å²) in [5, 5.41) is 0. The van der Waals surface area contributed by atoms with Gasteiger partial charge < -0.3 is 28.7 Å². The molecule has 11 nitrogen and oxygen atoms in total. The maximum atomic E-state index is 13.5. The van der Waals surface area contributed by atoms with Crippen molar-refractivity contribution in [2.24, 2.45) is 0 Å². The molecule has 6 rings (SSSR count). The van der Waals surface area contributed by atoms with Crippen molar-refractivity contribution in [2.45, 2.75) is 57.3 Å². The number of methoxy groups -OCH3 is 1. The van der Waals surface area contributed by atoms with Crippen LogP contribution in [0.1, 0.15) is 54.4 Å². The van der Waals surface area contributed by atoms with Crippen LogP contribution in [0.25, 0.3) is 0 Å². The molecule has 2 aromatic carbocycles. The van der Waals surface area contributed by atoms with E-state index < -0.39 is 0 Å². The van der Waals surface area contributed by atoms with Gasteiger partial charge in [-0.3, -0.25) is 19.4 Å². The third-order valence-corrected chi connectivity index (χ3v) is 9.39. The standard InChI is InChI=1S/C34H44N4O7/c1-42-31-23-28(45-27-12-17-36(18-13-27)32(39)7-4-14-35-19-21-43-22-20-35)8-9-29(31)33(40)37-15-10-26(11-16-37)38-30-6-3-2-5-25(30)24-44-34(38)41/h2-3,5-6,8-9,23,26-27H,4,7,10-22,24H2,1H3. The number of para-hydroxylation sites is 1. The predicted octanol–water partition coefficient (Wildman–Crippen LogP) is 3.94. The van der Waals surface area contributed by atoms with Gasteiger partial charge in [0.25, 0.3) is 5.91 Å². The van der Waals surface area contributed by atoms with E-state index >= 15 is 0 Å². The molecule has 0 aliphatic carbocycles. The molecule has 0 spiro atoms. The molecule has 4 heterocycles. The van der Waals surface area contributed by atoms with Crippen LogP contribution in [0.4, 0.5) is 10.5 Å². The molecule has 45 heavy (non-hydrogen) atoms. The fraction of sp³-hybridized carbons (Fsp3) is 0.559. The summed E-state index contributed by atoms with van der Waals surface area (Å²) >= 11 is 0. The Kier molecular flexibility index (Phi) is 10.0. The van der Waals surface area contributed by atoms with E-state index in [0.29, 0.717) is 62.5 Å². The number of hydrogen-bond acceptors (Lipinski definition) is 8. The number of morpholine rings is 1. The number of anilines is 1. The van der Waals surface area contributed by atoms with E-state index in [4.69, 9.17) is 18.9 Å². The molecule has 3 amide bonds. The van der Waals surface area contributed by atoms with Crippen LogP contribution in [-0.4, -0.2) is 111 Å². The van der Waals surface area contributed by atoms with Gasteiger partial charge >= 0.3 is 6.09 Å². The Bertz CT molecular complexity index is 1350. The van der Waals surface area contributed by atoms with Gasteiger partial charge in [0.2, 0.25) is 5.91 Å². The predicted molar refractivity (Wildman–Crippen MR) is 168 cm³/mol. The molecule has 4 aliphatic heterocycles. The van der Waals surface area contributed by atoms with E-state index in [9.17, 15) is 14.4 Å². The number of fused-ring (bicyclic) bond motifs is 1. The van der Waals surface area contributed by atoms with Crippen molar-refractivity contribution < 1.29 is 33.3 Å². The van der Waals surface area contributed by atoms with Gasteiger partial charge in [-0.2, -0.15) is 0 Å². The van der Waals surface area contributed by atoms with Crippen LogP contribution in [0.3, 0.4) is 0 Å². The van der Waals surface area contributed by atoms with Crippen LogP contribution in [0.2, 0.25) is 0 Å². The van der Waals surface area contributed by atoms with E-state index in [-0.39, 0.29) is 36.7 Å². The number of cyclic esters (lactones) is 1. The Morgan fingerprint density at radius 2 is 1.64 bits per heavy atom. The smallest absolute Gasteiger partial charge is 0.414 e. The molecule has 0 N–H and O–H groups in total. The number of amides is 3. The zero-order valence-electron chi connectivity index (χ0n) is 26.2. The monoisotopic (exact) mass is 620 g/mol. The Labute approximate surface area is 264 Å². The molecule has 0 aromatic heterocycles. The minimum atomic E-state index is -0.326. The van der Waals surface area contributed by atoms with Crippen molar-refractivity contribution >= 4 is 23.6 Å². The van der Waals surface area contributed by atoms with Crippen LogP contribution in [-0.2, 0) is 20.9 Å². The highest BCUT2D eigenvalue weighted by Crippen LogP contribution is 2.33. The summed E-state index contributed by atoms with van der Waals surface area (Å²) in [6, 6.07) is 13.2. The van der Waals surface area contributed by atoms with E-state index in [0.717, 1.165) is 63.4 Å². The summed E-state index contributed by atoms with van der Waals surface area (Å²) in [4.78, 5) is 46.8. The Morgan fingerprint density at radius 1 is 0.911 bits per heavy atom. The molecule has 11 heteroatoms. The fourth-order valence-electron chi connectivity index (χ4n) is 6.79. The van der Waals surface area contributed by atoms with Crippen LogP contribution in [0, 0.1) is 0 Å². The maximum absolute atomic E-state index is 13.5. The molecule has 0 atom stereocenters. The summed E-state index contributed by atoms with van der Waals surface area (Å²) < 4.78 is 22.7. The largest absolute Gasteiger partial charge is 0.496 e. The topological polar surface area (TPSA) is 101 Å². The van der Waals surface area contributed by atoms with Gasteiger partial charge in [0.15, 0.2) is 0 Å². The summed E-state index contributed by atoms with van der Waals surface area (Å²) in [6.45, 7) is 7.11. The van der Waals surface area contributed by atoms with Gasteiger partial charge in [0.1, 0.15) is 24.2 Å². The second-order valence-corrected chi connectivity index (χ2v) is 12.2. The molecular weight excluding hydrogens is 576 g/mol. The SMILES string of the molecule is COc1cc(OC2CCN(C(=O)CCCN3CCOCC3)CC2)ccc1C(=O)N1CCC(N2C(=O)OCc3ccccc32)CC1. The number of rotatable bonds is 9. The van der Waals surface area contributed by atoms with Crippen LogP contribution in [0.5, 0.6) is 11.5 Å². The molecule has 3 fully saturated rings. The summed E-state index contributed by atoms with van der Waals surface area (Å²) in [6.07, 6.45) is 3.98. The highest BCUT2D eigenvalue weighted by Gasteiger charge is 2.35. The number of carbonyl (C=O) groups excluding carboxylic acids is 3. The number of nitrogens with zero attached hydrogens (tertiary/aromatic N) is 4. The van der Waals surface area contributed by atoms with Gasteiger partial charge in [-0.1, -0.05) is 18.2 Å². The van der Waals surface area contributed by atoms with E-state index in [1.165, 1.54) is 0 Å². The fourth-order valence-corrected chi connectivity index (χ4v) is 6.79. The van der Waals surface area contributed by atoms with Crippen LogP contribution < -0.4 is 14.4 Å². The number of carbonyl (C=O) groups is 3. The number of ether oxygens (including phenoxy) is 4. The highest BCUT2D eigenvalue weighted by molar-refractivity contribution is 5.97. The average Bonchev–Trinajstić information content (AvgIpc) is 3.09. The summed E-state index contributed by atoms with van der Waals surface area (Å²) in [7, 11) is 1.56. The van der Waals surface area contributed by atoms with E-state index in [2.05, 4.69) is 4.90 Å². The Morgan fingerprint density at radius 3 is 2.40 bits per heavy atom. The molecule has 242 valence electrons. The minimum absolute atomic E-state index is 0.000654. The number of piperidine rings is 2. The molecule has 3 saturated heterocycles. The summed E-state index contributed by atoms with van der Waals surface area (Å²) in [5.74, 6) is 1.25. The van der Waals surface area contributed by atoms with E-state index in [1.807, 2.05) is 40.1 Å². The maximum Gasteiger partial charge on any atom is 0.414 e. The number of hydrogen-bond donors (Lipinski definition) is 0. The molecular formula is C34H44N4O7. The first-order valence-corrected chi connectivity index (χ1v) is 16.3. The van der Waals surface area contributed by atoms with Crippen molar-refractivity contribution in [3.63, 3.8) is 0 Å². The lowest BCUT2D eigenvalue weighted by Crippen LogP contribution is -2.50. The second kappa shape index (κ2) is 14.5. The zero-order valence-corrected chi connectivity index (χ0v) is 26.2. The van der Waals surface area contributed by atoms with Crippen LogP contribution in [0.15, 0.2) is 42.5 Å². The van der Waals surface area contributed by atoms with Gasteiger partial charge in [0.05, 0.1) is 31.6 Å². The average molecular weight is 621 g/mol. The molecule has 2 aromatic rings. The normalized spacial score (nSPS) is 20.0. The third kappa shape index (κ3) is 7.36. The third-order valence-electron chi connectivity index (χ3n) is 9.39. The molecule has 0 radical (unpaired) electrons. The molecule has 4 aliphatic rings. The molecule has 0 saturated carbocycles. The van der Waals surface area contributed by atoms with Crippen molar-refractivity contribution in [1.82, 2.24) is 14.7 Å². The molecule has 0 unspecified atom stereocenters. The first-order valence-electron chi connectivity index (χ1n) is 16.3. The van der Waals surface area contributed by atoms with Gasteiger partial charge in [-0.05, 0) is 44.0 Å². The highest BCUT2D eigenvalue weighted by atomic mass is 16.6. The first-order chi connectivity index (χ1) is 22.0. The lowest BCUT2D eigenvalue weighted by Gasteiger charge is -2.40. The quantitative estimate of drug-likeness (QED) is 0.416. The second-order valence-electron chi connectivity index (χ2n) is 12.2. The lowest BCUT2D eigenvalue weighted by atomic mass is 10.00. The van der Waals surface area contributed by atoms with Crippen LogP contribution >= 0.6 is 0 Å². The number of benzene rings is 2.